The standard InChI is InChI=1S/C7H12N2O2S2/c1-8-3-6-4-12-7(9-6)5-13(2,10)11/h4,8H,3,5H2,1-2H3. The van der Waals surface area contributed by atoms with Gasteiger partial charge in [-0.25, -0.2) is 13.4 Å². The smallest absolute Gasteiger partial charge is 0.153 e. The third kappa shape index (κ3) is 3.84. The highest BCUT2D eigenvalue weighted by Crippen LogP contribution is 2.12. The van der Waals surface area contributed by atoms with Gasteiger partial charge in [-0.2, -0.15) is 0 Å². The molecule has 0 aromatic carbocycles. The zero-order valence-corrected chi connectivity index (χ0v) is 9.20. The molecule has 1 N–H and O–H groups in total. The molecular weight excluding hydrogens is 208 g/mol. The van der Waals surface area contributed by atoms with E-state index in [0.29, 0.717) is 11.6 Å². The van der Waals surface area contributed by atoms with Gasteiger partial charge in [-0.1, -0.05) is 0 Å². The molecule has 0 saturated heterocycles. The van der Waals surface area contributed by atoms with Crippen LogP contribution in [0.2, 0.25) is 0 Å². The molecule has 0 saturated carbocycles. The normalized spacial score (nSPS) is 11.8. The predicted molar refractivity (Wildman–Crippen MR) is 53.4 cm³/mol. The highest BCUT2D eigenvalue weighted by Gasteiger charge is 2.08. The summed E-state index contributed by atoms with van der Waals surface area (Å²) < 4.78 is 21.8. The minimum absolute atomic E-state index is 0.0430. The monoisotopic (exact) mass is 220 g/mol. The van der Waals surface area contributed by atoms with E-state index in [9.17, 15) is 8.42 Å². The van der Waals surface area contributed by atoms with E-state index in [1.165, 1.54) is 17.6 Å². The molecule has 0 spiro atoms. The van der Waals surface area contributed by atoms with Crippen molar-refractivity contribution in [3.8, 4) is 0 Å². The highest BCUT2D eigenvalue weighted by molar-refractivity contribution is 7.90. The average molecular weight is 220 g/mol. The second kappa shape index (κ2) is 4.17. The van der Waals surface area contributed by atoms with Crippen LogP contribution in [0.4, 0.5) is 0 Å². The van der Waals surface area contributed by atoms with Crippen LogP contribution >= 0.6 is 11.3 Å². The molecule has 13 heavy (non-hydrogen) atoms. The Bertz CT molecular complexity index is 370. The number of thiazole rings is 1. The van der Waals surface area contributed by atoms with E-state index in [-0.39, 0.29) is 5.75 Å². The van der Waals surface area contributed by atoms with E-state index in [1.807, 2.05) is 12.4 Å². The first-order chi connectivity index (χ1) is 6.01. The van der Waals surface area contributed by atoms with Gasteiger partial charge < -0.3 is 5.32 Å². The highest BCUT2D eigenvalue weighted by atomic mass is 32.2. The molecule has 74 valence electrons. The number of sulfone groups is 1. The molecule has 0 atom stereocenters. The quantitative estimate of drug-likeness (QED) is 0.798. The van der Waals surface area contributed by atoms with Crippen molar-refractivity contribution in [2.45, 2.75) is 12.3 Å². The number of aromatic nitrogens is 1. The molecule has 0 bridgehead atoms. The van der Waals surface area contributed by atoms with Gasteiger partial charge in [0.2, 0.25) is 0 Å². The van der Waals surface area contributed by atoms with Crippen LogP contribution in [0.1, 0.15) is 10.7 Å². The van der Waals surface area contributed by atoms with Gasteiger partial charge in [0.1, 0.15) is 10.8 Å². The summed E-state index contributed by atoms with van der Waals surface area (Å²) in [4.78, 5) is 4.16. The van der Waals surface area contributed by atoms with Gasteiger partial charge in [0.15, 0.2) is 9.84 Å². The van der Waals surface area contributed by atoms with Crippen molar-refractivity contribution in [2.24, 2.45) is 0 Å². The summed E-state index contributed by atoms with van der Waals surface area (Å²) in [5.41, 5.74) is 0.895. The molecule has 1 aromatic rings. The van der Waals surface area contributed by atoms with Crippen molar-refractivity contribution in [2.75, 3.05) is 13.3 Å². The molecule has 0 aliphatic rings. The van der Waals surface area contributed by atoms with Gasteiger partial charge in [0, 0.05) is 18.2 Å². The van der Waals surface area contributed by atoms with Crippen LogP contribution in [0.25, 0.3) is 0 Å². The molecule has 0 aliphatic carbocycles. The minimum atomic E-state index is -2.95. The van der Waals surface area contributed by atoms with Gasteiger partial charge in [-0.3, -0.25) is 0 Å². The third-order valence-electron chi connectivity index (χ3n) is 1.34. The molecule has 1 aromatic heterocycles. The summed E-state index contributed by atoms with van der Waals surface area (Å²) in [5.74, 6) is 0.0430. The molecule has 0 unspecified atom stereocenters. The van der Waals surface area contributed by atoms with Crippen LogP contribution < -0.4 is 5.32 Å². The lowest BCUT2D eigenvalue weighted by Crippen LogP contribution is -2.06. The second-order valence-corrected chi connectivity index (χ2v) is 5.92. The Kier molecular flexibility index (Phi) is 3.40. The van der Waals surface area contributed by atoms with Crippen LogP contribution in [0.15, 0.2) is 5.38 Å². The largest absolute Gasteiger partial charge is 0.314 e. The SMILES string of the molecule is CNCc1csc(CS(C)(=O)=O)n1. The Hall–Kier alpha value is -0.460. The van der Waals surface area contributed by atoms with Gasteiger partial charge in [0.05, 0.1) is 5.69 Å². The number of nitrogens with zero attached hydrogens (tertiary/aromatic N) is 1. The maximum atomic E-state index is 10.9. The van der Waals surface area contributed by atoms with E-state index in [2.05, 4.69) is 10.3 Å². The summed E-state index contributed by atoms with van der Waals surface area (Å²) >= 11 is 1.39. The first-order valence-corrected chi connectivity index (χ1v) is 6.71. The van der Waals surface area contributed by atoms with Crippen LogP contribution in [-0.4, -0.2) is 26.7 Å². The molecular formula is C7H12N2O2S2. The summed E-state index contributed by atoms with van der Waals surface area (Å²) in [6.07, 6.45) is 1.21. The summed E-state index contributed by atoms with van der Waals surface area (Å²) in [7, 11) is -1.12. The van der Waals surface area contributed by atoms with Crippen LogP contribution in [0.5, 0.6) is 0 Å². The van der Waals surface area contributed by atoms with Gasteiger partial charge in [-0.15, -0.1) is 11.3 Å². The zero-order chi connectivity index (χ0) is 9.90. The van der Waals surface area contributed by atoms with E-state index < -0.39 is 9.84 Å². The summed E-state index contributed by atoms with van der Waals surface area (Å²) in [5, 5.41) is 5.49. The maximum Gasteiger partial charge on any atom is 0.153 e. The van der Waals surface area contributed by atoms with Crippen LogP contribution in [-0.2, 0) is 22.1 Å². The topological polar surface area (TPSA) is 59.1 Å². The molecule has 1 rings (SSSR count). The molecule has 0 radical (unpaired) electrons. The summed E-state index contributed by atoms with van der Waals surface area (Å²) in [6, 6.07) is 0. The van der Waals surface area contributed by atoms with Crippen molar-refractivity contribution >= 4 is 21.2 Å². The minimum Gasteiger partial charge on any atom is -0.314 e. The maximum absolute atomic E-state index is 10.9. The lowest BCUT2D eigenvalue weighted by molar-refractivity contribution is 0.601. The van der Waals surface area contributed by atoms with E-state index in [0.717, 1.165) is 5.69 Å². The molecule has 1 heterocycles. The Morgan fingerprint density at radius 3 is 2.85 bits per heavy atom. The van der Waals surface area contributed by atoms with Gasteiger partial charge in [0.25, 0.3) is 0 Å². The molecule has 0 fully saturated rings. The number of nitrogens with one attached hydrogen (secondary N) is 1. The predicted octanol–water partition coefficient (Wildman–Crippen LogP) is 0.407. The average Bonchev–Trinajstić information content (AvgIpc) is 2.33. The van der Waals surface area contributed by atoms with Crippen molar-refractivity contribution < 1.29 is 8.42 Å². The molecule has 0 amide bonds. The number of hydrogen-bond acceptors (Lipinski definition) is 5. The van der Waals surface area contributed by atoms with Crippen molar-refractivity contribution in [3.63, 3.8) is 0 Å². The molecule has 4 nitrogen and oxygen atoms in total. The Balaban J connectivity index is 2.69. The third-order valence-corrected chi connectivity index (χ3v) is 3.22. The van der Waals surface area contributed by atoms with Crippen LogP contribution in [0.3, 0.4) is 0 Å². The van der Waals surface area contributed by atoms with E-state index >= 15 is 0 Å². The molecule has 6 heteroatoms. The second-order valence-electron chi connectivity index (χ2n) is 2.83. The fourth-order valence-corrected chi connectivity index (χ4v) is 2.91. The zero-order valence-electron chi connectivity index (χ0n) is 7.57. The summed E-state index contributed by atoms with van der Waals surface area (Å²) in [6.45, 7) is 0.681. The van der Waals surface area contributed by atoms with Gasteiger partial charge >= 0.3 is 0 Å². The number of rotatable bonds is 4. The fraction of sp³-hybridized carbons (Fsp3) is 0.571. The number of hydrogen-bond donors (Lipinski definition) is 1. The van der Waals surface area contributed by atoms with Crippen molar-refractivity contribution in [1.82, 2.24) is 10.3 Å². The first-order valence-electron chi connectivity index (χ1n) is 3.77. The van der Waals surface area contributed by atoms with E-state index in [1.54, 1.807) is 0 Å². The first kappa shape index (κ1) is 10.6. The Labute approximate surface area is 81.9 Å². The van der Waals surface area contributed by atoms with Crippen molar-refractivity contribution in [1.29, 1.82) is 0 Å². The molecule has 0 aliphatic heterocycles. The van der Waals surface area contributed by atoms with Crippen LogP contribution in [0, 0.1) is 0 Å². The lowest BCUT2D eigenvalue weighted by atomic mass is 10.5. The van der Waals surface area contributed by atoms with Gasteiger partial charge in [-0.05, 0) is 7.05 Å². The van der Waals surface area contributed by atoms with E-state index in [4.69, 9.17) is 0 Å². The fourth-order valence-electron chi connectivity index (χ4n) is 0.902. The lowest BCUT2D eigenvalue weighted by Gasteiger charge is -1.93. The Morgan fingerprint density at radius 2 is 2.31 bits per heavy atom. The van der Waals surface area contributed by atoms with Crippen molar-refractivity contribution in [3.05, 3.63) is 16.1 Å². The Morgan fingerprint density at radius 1 is 1.62 bits per heavy atom.